The van der Waals surface area contributed by atoms with Crippen molar-refractivity contribution in [2.45, 2.75) is 25.1 Å². The number of ketones is 1. The van der Waals surface area contributed by atoms with Gasteiger partial charge in [-0.2, -0.15) is 13.2 Å². The lowest BCUT2D eigenvalue weighted by atomic mass is 9.58. The van der Waals surface area contributed by atoms with Crippen LogP contribution in [0.2, 0.25) is 0 Å². The first-order valence-corrected chi connectivity index (χ1v) is 6.19. The first-order valence-electron chi connectivity index (χ1n) is 6.19. The highest BCUT2D eigenvalue weighted by atomic mass is 19.4. The first kappa shape index (κ1) is 14.7. The van der Waals surface area contributed by atoms with Gasteiger partial charge in [0, 0.05) is 25.6 Å². The van der Waals surface area contributed by atoms with Crippen LogP contribution in [-0.2, 0) is 9.53 Å². The van der Waals surface area contributed by atoms with E-state index in [2.05, 4.69) is 0 Å². The molecule has 1 N–H and O–H groups in total. The van der Waals surface area contributed by atoms with Crippen LogP contribution in [0.4, 0.5) is 13.2 Å². The highest BCUT2D eigenvalue weighted by Crippen LogP contribution is 2.53. The molecule has 1 unspecified atom stereocenters. The molecule has 7 heteroatoms. The lowest BCUT2D eigenvalue weighted by Gasteiger charge is -2.59. The minimum absolute atomic E-state index is 0.0809. The van der Waals surface area contributed by atoms with Crippen molar-refractivity contribution in [2.75, 3.05) is 33.4 Å². The normalized spacial score (nSPS) is 42.7. The summed E-state index contributed by atoms with van der Waals surface area (Å²) in [5.41, 5.74) is -2.78. The van der Waals surface area contributed by atoms with Crippen molar-refractivity contribution in [3.8, 4) is 0 Å². The lowest BCUT2D eigenvalue weighted by molar-refractivity contribution is -0.249. The second-order valence-corrected chi connectivity index (χ2v) is 5.66. The minimum atomic E-state index is -4.40. The van der Waals surface area contributed by atoms with Crippen LogP contribution in [0, 0.1) is 11.3 Å². The van der Waals surface area contributed by atoms with Gasteiger partial charge in [0.25, 0.3) is 0 Å². The maximum atomic E-state index is 13.1. The Labute approximate surface area is 109 Å². The summed E-state index contributed by atoms with van der Waals surface area (Å²) in [5, 5.41) is 9.54. The third kappa shape index (κ3) is 1.90. The monoisotopic (exact) mass is 281 g/mol. The Balaban J connectivity index is 2.42. The number of aliphatic hydroxyl groups is 1. The number of hydrogen-bond acceptors (Lipinski definition) is 4. The van der Waals surface area contributed by atoms with Crippen LogP contribution in [0.15, 0.2) is 0 Å². The molecule has 0 aliphatic carbocycles. The number of fused-ring (bicyclic) bond motifs is 3. The topological polar surface area (TPSA) is 49.8 Å². The summed E-state index contributed by atoms with van der Waals surface area (Å²) in [6.45, 7) is 0.890. The number of carbonyl (C=O) groups is 1. The van der Waals surface area contributed by atoms with Gasteiger partial charge in [-0.15, -0.1) is 0 Å². The molecule has 4 atom stereocenters. The Morgan fingerprint density at radius 1 is 1.53 bits per heavy atom. The van der Waals surface area contributed by atoms with Gasteiger partial charge in [0.15, 0.2) is 5.78 Å². The summed E-state index contributed by atoms with van der Waals surface area (Å²) >= 11 is 0. The van der Waals surface area contributed by atoms with Crippen molar-refractivity contribution >= 4 is 5.78 Å². The van der Waals surface area contributed by atoms with Gasteiger partial charge in [0.1, 0.15) is 5.54 Å². The second-order valence-electron chi connectivity index (χ2n) is 5.66. The van der Waals surface area contributed by atoms with Crippen LogP contribution in [-0.4, -0.2) is 60.9 Å². The number of methoxy groups -OCH3 is 1. The van der Waals surface area contributed by atoms with E-state index in [-0.39, 0.29) is 19.6 Å². The van der Waals surface area contributed by atoms with Gasteiger partial charge < -0.3 is 9.84 Å². The molecule has 3 heterocycles. The zero-order valence-electron chi connectivity index (χ0n) is 11.0. The average Bonchev–Trinajstić information content (AvgIpc) is 2.33. The highest BCUT2D eigenvalue weighted by molar-refractivity contribution is 5.95. The summed E-state index contributed by atoms with van der Waals surface area (Å²) in [4.78, 5) is 14.0. The third-order valence-electron chi connectivity index (χ3n) is 4.66. The number of alkyl halides is 3. The van der Waals surface area contributed by atoms with Crippen LogP contribution in [0.3, 0.4) is 0 Å². The highest BCUT2D eigenvalue weighted by Gasteiger charge is 2.67. The molecule has 110 valence electrons. The van der Waals surface area contributed by atoms with Gasteiger partial charge in [0.2, 0.25) is 0 Å². The molecular weight excluding hydrogens is 263 g/mol. The fourth-order valence-corrected chi connectivity index (χ4v) is 3.47. The number of Topliss-reactive ketones (excluding diaryl/α,β-unsaturated/α-hetero) is 1. The Hall–Kier alpha value is -0.660. The quantitative estimate of drug-likeness (QED) is 0.833. The van der Waals surface area contributed by atoms with Crippen LogP contribution in [0.5, 0.6) is 0 Å². The summed E-state index contributed by atoms with van der Waals surface area (Å²) < 4.78 is 44.2. The number of aliphatic hydroxyl groups excluding tert-OH is 1. The predicted octanol–water partition coefficient (Wildman–Crippen LogP) is 0.837. The number of nitrogens with zero attached hydrogens (tertiary/aromatic N) is 1. The van der Waals surface area contributed by atoms with E-state index in [1.165, 1.54) is 18.9 Å². The molecule has 3 aliphatic heterocycles. The Kier molecular flexibility index (Phi) is 3.43. The van der Waals surface area contributed by atoms with E-state index < -0.39 is 35.4 Å². The van der Waals surface area contributed by atoms with E-state index in [1.54, 1.807) is 0 Å². The Bertz CT molecular complexity index is 387. The average molecular weight is 281 g/mol. The van der Waals surface area contributed by atoms with Gasteiger partial charge in [0.05, 0.1) is 19.1 Å². The fourth-order valence-electron chi connectivity index (χ4n) is 3.47. The third-order valence-corrected chi connectivity index (χ3v) is 4.66. The SMILES string of the molecule is COC[C@@]1(CO)C(=O)[C@@]2(C)CCN1C[C@H]2C(F)(F)F. The van der Waals surface area contributed by atoms with Crippen molar-refractivity contribution in [3.63, 3.8) is 0 Å². The molecule has 4 nitrogen and oxygen atoms in total. The van der Waals surface area contributed by atoms with Gasteiger partial charge in [-0.3, -0.25) is 9.69 Å². The second kappa shape index (κ2) is 4.43. The Morgan fingerprint density at radius 2 is 2.16 bits per heavy atom. The van der Waals surface area contributed by atoms with Gasteiger partial charge in [-0.05, 0) is 6.42 Å². The van der Waals surface area contributed by atoms with E-state index >= 15 is 0 Å². The number of halogens is 3. The molecule has 0 aromatic rings. The van der Waals surface area contributed by atoms with E-state index in [9.17, 15) is 23.1 Å². The van der Waals surface area contributed by atoms with Crippen LogP contribution >= 0.6 is 0 Å². The number of ether oxygens (including phenoxy) is 1. The molecule has 3 saturated heterocycles. The summed E-state index contributed by atoms with van der Waals surface area (Å²) in [6.07, 6.45) is -4.24. The van der Waals surface area contributed by atoms with Crippen molar-refractivity contribution in [1.29, 1.82) is 0 Å². The molecular formula is C12H18F3NO3. The molecule has 0 aromatic heterocycles. The number of hydrogen-bond donors (Lipinski definition) is 1. The number of piperidine rings is 3. The maximum Gasteiger partial charge on any atom is 0.393 e. The van der Waals surface area contributed by atoms with E-state index in [0.717, 1.165) is 0 Å². The molecule has 3 rings (SSSR count). The van der Waals surface area contributed by atoms with Crippen molar-refractivity contribution < 1.29 is 27.8 Å². The van der Waals surface area contributed by atoms with Crippen LogP contribution in [0.25, 0.3) is 0 Å². The summed E-state index contributed by atoms with van der Waals surface area (Å²) in [5.74, 6) is -2.22. The van der Waals surface area contributed by atoms with E-state index in [1.807, 2.05) is 0 Å². The molecule has 2 bridgehead atoms. The lowest BCUT2D eigenvalue weighted by Crippen LogP contribution is -2.76. The van der Waals surface area contributed by atoms with Crippen molar-refractivity contribution in [3.05, 3.63) is 0 Å². The molecule has 19 heavy (non-hydrogen) atoms. The molecule has 0 saturated carbocycles. The maximum absolute atomic E-state index is 13.1. The predicted molar refractivity (Wildman–Crippen MR) is 60.5 cm³/mol. The molecule has 0 amide bonds. The molecule has 3 fully saturated rings. The number of rotatable bonds is 3. The summed E-state index contributed by atoms with van der Waals surface area (Å²) in [7, 11) is 1.37. The molecule has 0 radical (unpaired) electrons. The molecule has 0 spiro atoms. The summed E-state index contributed by atoms with van der Waals surface area (Å²) in [6, 6.07) is 0. The van der Waals surface area contributed by atoms with Crippen molar-refractivity contribution in [2.24, 2.45) is 11.3 Å². The van der Waals surface area contributed by atoms with Crippen LogP contribution < -0.4 is 0 Å². The van der Waals surface area contributed by atoms with Gasteiger partial charge in [-0.1, -0.05) is 6.92 Å². The zero-order valence-corrected chi connectivity index (χ0v) is 11.0. The van der Waals surface area contributed by atoms with E-state index in [0.29, 0.717) is 6.54 Å². The molecule has 0 aromatic carbocycles. The Morgan fingerprint density at radius 3 is 2.63 bits per heavy atom. The largest absolute Gasteiger partial charge is 0.394 e. The minimum Gasteiger partial charge on any atom is -0.394 e. The van der Waals surface area contributed by atoms with E-state index in [4.69, 9.17) is 4.74 Å². The van der Waals surface area contributed by atoms with Crippen molar-refractivity contribution in [1.82, 2.24) is 4.90 Å². The smallest absolute Gasteiger partial charge is 0.393 e. The molecule has 3 aliphatic rings. The standard InChI is InChI=1S/C12H18F3NO3/c1-10-3-4-16(5-8(10)12(13,14)15)11(6-17,7-19-2)9(10)18/h8,17H,3-7H2,1-2H3/t8-,10+,11+/m1/s1. The van der Waals surface area contributed by atoms with Gasteiger partial charge >= 0.3 is 6.18 Å². The van der Waals surface area contributed by atoms with Gasteiger partial charge in [-0.25, -0.2) is 0 Å². The zero-order chi connectivity index (χ0) is 14.5. The first-order chi connectivity index (χ1) is 8.72. The fraction of sp³-hybridized carbons (Fsp3) is 0.917. The number of carbonyl (C=O) groups excluding carboxylic acids is 1. The van der Waals surface area contributed by atoms with Crippen LogP contribution in [0.1, 0.15) is 13.3 Å².